The van der Waals surface area contributed by atoms with Crippen LogP contribution in [0.2, 0.25) is 0 Å². The lowest BCUT2D eigenvalue weighted by molar-refractivity contribution is 0.688. The standard InChI is InChI=1S/C10H11N4S/c1-3-14-9(12-13-10(14)15-2)8-4-6-11-7-5-8/h4-7H,2-3H2,1H3. The maximum Gasteiger partial charge on any atom is 0.191 e. The Morgan fingerprint density at radius 3 is 2.67 bits per heavy atom. The van der Waals surface area contributed by atoms with Gasteiger partial charge in [0, 0.05) is 30.8 Å². The highest BCUT2D eigenvalue weighted by Crippen LogP contribution is 2.22. The van der Waals surface area contributed by atoms with Gasteiger partial charge in [0.25, 0.3) is 0 Å². The Kier molecular flexibility index (Phi) is 3.01. The molecule has 0 fully saturated rings. The predicted octanol–water partition coefficient (Wildman–Crippen LogP) is 2.24. The van der Waals surface area contributed by atoms with E-state index < -0.39 is 0 Å². The first-order valence-electron chi connectivity index (χ1n) is 4.62. The number of thioether (sulfide) groups is 1. The zero-order valence-electron chi connectivity index (χ0n) is 8.42. The van der Waals surface area contributed by atoms with Crippen molar-refractivity contribution in [1.29, 1.82) is 0 Å². The number of nitrogens with zero attached hydrogens (tertiary/aromatic N) is 4. The maximum atomic E-state index is 4.15. The normalized spacial score (nSPS) is 10.5. The first-order valence-corrected chi connectivity index (χ1v) is 5.61. The summed E-state index contributed by atoms with van der Waals surface area (Å²) in [6.07, 6.45) is 7.25. The fourth-order valence-electron chi connectivity index (χ4n) is 1.40. The third-order valence-electron chi connectivity index (χ3n) is 2.10. The van der Waals surface area contributed by atoms with Gasteiger partial charge >= 0.3 is 0 Å². The molecule has 5 heteroatoms. The molecular weight excluding hydrogens is 208 g/mol. The van der Waals surface area contributed by atoms with E-state index in [-0.39, 0.29) is 0 Å². The lowest BCUT2D eigenvalue weighted by atomic mass is 10.2. The molecule has 2 rings (SSSR count). The topological polar surface area (TPSA) is 43.6 Å². The summed E-state index contributed by atoms with van der Waals surface area (Å²) in [5, 5.41) is 9.06. The fraction of sp³-hybridized carbons (Fsp3) is 0.200. The number of pyridine rings is 1. The Labute approximate surface area is 92.8 Å². The van der Waals surface area contributed by atoms with E-state index in [2.05, 4.69) is 28.4 Å². The number of hydrogen-bond donors (Lipinski definition) is 0. The molecule has 2 aromatic heterocycles. The summed E-state index contributed by atoms with van der Waals surface area (Å²) >= 11 is 1.36. The highest BCUT2D eigenvalue weighted by atomic mass is 32.2. The van der Waals surface area contributed by atoms with Crippen LogP contribution in [0.25, 0.3) is 11.4 Å². The lowest BCUT2D eigenvalue weighted by Gasteiger charge is -2.04. The first kappa shape index (κ1) is 10.2. The highest BCUT2D eigenvalue weighted by Gasteiger charge is 2.10. The van der Waals surface area contributed by atoms with Crippen molar-refractivity contribution >= 4 is 11.8 Å². The van der Waals surface area contributed by atoms with Crippen LogP contribution in [-0.2, 0) is 6.54 Å². The fourth-order valence-corrected chi connectivity index (χ4v) is 1.87. The summed E-state index contributed by atoms with van der Waals surface area (Å²) in [5.41, 5.74) is 1.03. The van der Waals surface area contributed by atoms with Gasteiger partial charge in [0.1, 0.15) is 0 Å². The van der Waals surface area contributed by atoms with Crippen molar-refractivity contribution in [3.63, 3.8) is 0 Å². The second-order valence-corrected chi connectivity index (χ2v) is 3.58. The molecule has 2 heterocycles. The van der Waals surface area contributed by atoms with E-state index in [0.29, 0.717) is 0 Å². The van der Waals surface area contributed by atoms with Crippen LogP contribution >= 0.6 is 11.8 Å². The van der Waals surface area contributed by atoms with E-state index in [9.17, 15) is 0 Å². The van der Waals surface area contributed by atoms with E-state index in [1.807, 2.05) is 16.7 Å². The van der Waals surface area contributed by atoms with Crippen LogP contribution in [0, 0.1) is 6.26 Å². The van der Waals surface area contributed by atoms with Crippen molar-refractivity contribution in [2.75, 3.05) is 0 Å². The van der Waals surface area contributed by atoms with E-state index >= 15 is 0 Å². The molecular formula is C10H11N4S. The molecule has 0 aliphatic rings. The van der Waals surface area contributed by atoms with Gasteiger partial charge in [-0.3, -0.25) is 4.98 Å². The Morgan fingerprint density at radius 1 is 1.33 bits per heavy atom. The minimum atomic E-state index is 0.836. The minimum Gasteiger partial charge on any atom is -0.302 e. The monoisotopic (exact) mass is 219 g/mol. The molecule has 77 valence electrons. The number of rotatable bonds is 3. The summed E-state index contributed by atoms with van der Waals surface area (Å²) in [7, 11) is 0. The number of aromatic nitrogens is 4. The molecule has 0 atom stereocenters. The van der Waals surface area contributed by atoms with Gasteiger partial charge in [0.05, 0.1) is 0 Å². The third-order valence-corrected chi connectivity index (χ3v) is 2.66. The van der Waals surface area contributed by atoms with Crippen molar-refractivity contribution < 1.29 is 0 Å². The van der Waals surface area contributed by atoms with Gasteiger partial charge < -0.3 is 4.57 Å². The van der Waals surface area contributed by atoms with E-state index in [4.69, 9.17) is 0 Å². The Hall–Kier alpha value is -1.36. The van der Waals surface area contributed by atoms with E-state index in [1.165, 1.54) is 11.8 Å². The van der Waals surface area contributed by atoms with Crippen molar-refractivity contribution in [1.82, 2.24) is 19.7 Å². The minimum absolute atomic E-state index is 0.836. The summed E-state index contributed by atoms with van der Waals surface area (Å²) in [5.74, 6) is 0.867. The lowest BCUT2D eigenvalue weighted by Crippen LogP contribution is -1.98. The molecule has 0 N–H and O–H groups in total. The Balaban J connectivity index is 2.49. The van der Waals surface area contributed by atoms with Crippen LogP contribution in [0.3, 0.4) is 0 Å². The van der Waals surface area contributed by atoms with Gasteiger partial charge in [-0.2, -0.15) is 0 Å². The van der Waals surface area contributed by atoms with Crippen molar-refractivity contribution in [2.24, 2.45) is 0 Å². The quantitative estimate of drug-likeness (QED) is 0.743. The van der Waals surface area contributed by atoms with Gasteiger partial charge in [-0.1, -0.05) is 11.8 Å². The molecule has 0 aliphatic heterocycles. The largest absolute Gasteiger partial charge is 0.302 e. The van der Waals surface area contributed by atoms with Gasteiger partial charge in [0.2, 0.25) is 0 Å². The first-order chi connectivity index (χ1) is 7.36. The second kappa shape index (κ2) is 4.44. The number of hydrogen-bond acceptors (Lipinski definition) is 4. The average molecular weight is 219 g/mol. The third kappa shape index (κ3) is 1.87. The summed E-state index contributed by atoms with van der Waals surface area (Å²) in [4.78, 5) is 3.98. The van der Waals surface area contributed by atoms with Crippen LogP contribution in [0.15, 0.2) is 29.7 Å². The molecule has 4 nitrogen and oxygen atoms in total. The van der Waals surface area contributed by atoms with E-state index in [0.717, 1.165) is 23.1 Å². The van der Waals surface area contributed by atoms with Crippen LogP contribution in [-0.4, -0.2) is 19.7 Å². The zero-order chi connectivity index (χ0) is 10.7. The smallest absolute Gasteiger partial charge is 0.191 e. The molecule has 0 bridgehead atoms. The molecule has 1 radical (unpaired) electrons. The Bertz CT molecular complexity index is 438. The molecule has 2 aromatic rings. The predicted molar refractivity (Wildman–Crippen MR) is 60.1 cm³/mol. The maximum absolute atomic E-state index is 4.15. The molecule has 0 aliphatic carbocycles. The molecule has 15 heavy (non-hydrogen) atoms. The van der Waals surface area contributed by atoms with Gasteiger partial charge in [-0.05, 0) is 19.1 Å². The molecule has 0 saturated carbocycles. The van der Waals surface area contributed by atoms with Crippen molar-refractivity contribution in [3.05, 3.63) is 30.8 Å². The average Bonchev–Trinajstić information content (AvgIpc) is 2.72. The SMILES string of the molecule is [CH2]Sc1nnc(-c2ccncc2)n1CC. The molecule has 0 spiro atoms. The van der Waals surface area contributed by atoms with E-state index in [1.54, 1.807) is 12.4 Å². The van der Waals surface area contributed by atoms with Crippen molar-refractivity contribution in [2.45, 2.75) is 18.6 Å². The summed E-state index contributed by atoms with van der Waals surface area (Å²) in [6, 6.07) is 3.85. The van der Waals surface area contributed by atoms with Gasteiger partial charge in [-0.15, -0.1) is 10.2 Å². The second-order valence-electron chi connectivity index (χ2n) is 2.93. The van der Waals surface area contributed by atoms with Crippen LogP contribution < -0.4 is 0 Å². The summed E-state index contributed by atoms with van der Waals surface area (Å²) < 4.78 is 2.03. The van der Waals surface area contributed by atoms with Gasteiger partial charge in [0.15, 0.2) is 11.0 Å². The molecule has 0 unspecified atom stereocenters. The van der Waals surface area contributed by atoms with Crippen LogP contribution in [0.1, 0.15) is 6.92 Å². The summed E-state index contributed by atoms with van der Waals surface area (Å²) in [6.45, 7) is 2.90. The van der Waals surface area contributed by atoms with Crippen LogP contribution in [0.4, 0.5) is 0 Å². The molecule has 0 aromatic carbocycles. The molecule has 0 saturated heterocycles. The molecule has 0 amide bonds. The van der Waals surface area contributed by atoms with Crippen LogP contribution in [0.5, 0.6) is 0 Å². The van der Waals surface area contributed by atoms with Crippen molar-refractivity contribution in [3.8, 4) is 11.4 Å². The van der Waals surface area contributed by atoms with Gasteiger partial charge in [-0.25, -0.2) is 0 Å². The zero-order valence-corrected chi connectivity index (χ0v) is 9.24. The highest BCUT2D eigenvalue weighted by molar-refractivity contribution is 8.00. The Morgan fingerprint density at radius 2 is 2.07 bits per heavy atom.